The molecule has 2 amide bonds. The van der Waals surface area contributed by atoms with Gasteiger partial charge in [0.1, 0.15) is 0 Å². The minimum atomic E-state index is -2.66. The lowest BCUT2D eigenvalue weighted by Crippen LogP contribution is -2.46. The average Bonchev–Trinajstić information content (AvgIpc) is 2.92. The van der Waals surface area contributed by atoms with Crippen LogP contribution in [0.5, 0.6) is 0 Å². The Kier molecular flexibility index (Phi) is 27.9. The van der Waals surface area contributed by atoms with Crippen molar-refractivity contribution < 1.29 is 22.9 Å². The second-order valence-electron chi connectivity index (χ2n) is 10.6. The van der Waals surface area contributed by atoms with Gasteiger partial charge in [-0.25, -0.2) is 0 Å². The molecule has 0 atom stereocenters. The minimum Gasteiger partial charge on any atom is -0.374 e. The molecule has 0 saturated carbocycles. The number of amides is 2. The van der Waals surface area contributed by atoms with Crippen LogP contribution in [-0.2, 0) is 22.9 Å². The third kappa shape index (κ3) is 24.5. The number of hydrogen-bond donors (Lipinski definition) is 2. The van der Waals surface area contributed by atoms with E-state index in [1.54, 1.807) is 0 Å². The molecule has 0 aromatic rings. The fraction of sp³-hybridized carbons (Fsp3) is 0.935. The van der Waals surface area contributed by atoms with Crippen LogP contribution in [0.1, 0.15) is 150 Å². The Morgan fingerprint density at radius 3 is 1.18 bits per heavy atom. The van der Waals surface area contributed by atoms with E-state index in [2.05, 4.69) is 17.6 Å². The molecule has 0 bridgehead atoms. The number of carbonyl (C=O) groups is 2. The maximum Gasteiger partial charge on any atom is 0.500 e. The van der Waals surface area contributed by atoms with Crippen molar-refractivity contribution in [2.75, 3.05) is 32.9 Å². The van der Waals surface area contributed by atoms with Gasteiger partial charge in [-0.3, -0.25) is 9.59 Å². The van der Waals surface area contributed by atoms with Crippen molar-refractivity contribution in [2.24, 2.45) is 0 Å². The van der Waals surface area contributed by atoms with Gasteiger partial charge in [-0.1, -0.05) is 103 Å². The van der Waals surface area contributed by atoms with E-state index in [4.69, 9.17) is 13.3 Å². The number of carbonyl (C=O) groups excluding carboxylic acids is 2. The molecular weight excluding hydrogens is 508 g/mol. The molecule has 8 heteroatoms. The lowest BCUT2D eigenvalue weighted by molar-refractivity contribution is -0.126. The molecule has 0 aliphatic carbocycles. The molecule has 0 rings (SSSR count). The van der Waals surface area contributed by atoms with Gasteiger partial charge in [0.15, 0.2) is 0 Å². The Balaban J connectivity index is 3.57. The topological polar surface area (TPSA) is 85.9 Å². The molecule has 7 nitrogen and oxygen atoms in total. The smallest absolute Gasteiger partial charge is 0.374 e. The van der Waals surface area contributed by atoms with E-state index in [1.165, 1.54) is 89.9 Å². The molecule has 0 spiro atoms. The highest BCUT2D eigenvalue weighted by Crippen LogP contribution is 2.18. The van der Waals surface area contributed by atoms with Crippen molar-refractivity contribution in [3.63, 3.8) is 0 Å². The van der Waals surface area contributed by atoms with Gasteiger partial charge in [0.05, 0.1) is 0 Å². The molecule has 39 heavy (non-hydrogen) atoms. The van der Waals surface area contributed by atoms with Crippen molar-refractivity contribution in [1.82, 2.24) is 10.6 Å². The van der Waals surface area contributed by atoms with Crippen LogP contribution < -0.4 is 10.6 Å². The van der Waals surface area contributed by atoms with Crippen molar-refractivity contribution in [1.29, 1.82) is 0 Å². The highest BCUT2D eigenvalue weighted by molar-refractivity contribution is 6.60. The summed E-state index contributed by atoms with van der Waals surface area (Å²) < 4.78 is 17.5. The molecule has 0 aliphatic heterocycles. The van der Waals surface area contributed by atoms with Gasteiger partial charge < -0.3 is 23.9 Å². The van der Waals surface area contributed by atoms with Crippen LogP contribution in [-0.4, -0.2) is 53.5 Å². The van der Waals surface area contributed by atoms with Crippen LogP contribution >= 0.6 is 0 Å². The molecule has 0 saturated heterocycles. The molecule has 2 N–H and O–H groups in total. The zero-order valence-corrected chi connectivity index (χ0v) is 27.2. The van der Waals surface area contributed by atoms with Gasteiger partial charge in [-0.15, -0.1) is 0 Å². The van der Waals surface area contributed by atoms with Crippen molar-refractivity contribution >= 4 is 20.6 Å². The fourth-order valence-corrected chi connectivity index (χ4v) is 7.45. The quantitative estimate of drug-likeness (QED) is 0.0680. The molecule has 0 aromatic heterocycles. The van der Waals surface area contributed by atoms with Gasteiger partial charge in [0.2, 0.25) is 11.8 Å². The van der Waals surface area contributed by atoms with E-state index in [-0.39, 0.29) is 24.7 Å². The summed E-state index contributed by atoms with van der Waals surface area (Å²) in [6.07, 6.45) is 22.7. The predicted molar refractivity (Wildman–Crippen MR) is 165 cm³/mol. The van der Waals surface area contributed by atoms with Crippen LogP contribution in [0.4, 0.5) is 0 Å². The maximum atomic E-state index is 12.1. The van der Waals surface area contributed by atoms with E-state index < -0.39 is 8.80 Å². The van der Waals surface area contributed by atoms with E-state index in [9.17, 15) is 9.59 Å². The molecule has 0 radical (unpaired) electrons. The molecular formula is C31H64N2O5Si. The summed E-state index contributed by atoms with van der Waals surface area (Å²) in [5, 5.41) is 5.85. The van der Waals surface area contributed by atoms with Crippen molar-refractivity contribution in [2.45, 2.75) is 156 Å². The zero-order chi connectivity index (χ0) is 28.9. The largest absolute Gasteiger partial charge is 0.500 e. The first kappa shape index (κ1) is 38.0. The van der Waals surface area contributed by atoms with Gasteiger partial charge in [-0.2, -0.15) is 0 Å². The van der Waals surface area contributed by atoms with E-state index in [1.807, 2.05) is 20.8 Å². The van der Waals surface area contributed by atoms with Gasteiger partial charge in [-0.05, 0) is 33.6 Å². The zero-order valence-electron chi connectivity index (χ0n) is 26.2. The first-order valence-corrected chi connectivity index (χ1v) is 18.4. The van der Waals surface area contributed by atoms with E-state index in [0.29, 0.717) is 39.0 Å². The summed E-state index contributed by atoms with van der Waals surface area (Å²) in [4.78, 5) is 24.2. The molecule has 0 aliphatic rings. The Morgan fingerprint density at radius 1 is 0.487 bits per heavy atom. The molecule has 0 aromatic carbocycles. The molecule has 0 fully saturated rings. The summed E-state index contributed by atoms with van der Waals surface area (Å²) in [7, 11) is -2.66. The average molecular weight is 573 g/mol. The third-order valence-corrected chi connectivity index (χ3v) is 10.2. The van der Waals surface area contributed by atoms with Crippen LogP contribution in [0.15, 0.2) is 0 Å². The lowest BCUT2D eigenvalue weighted by atomic mass is 10.0. The summed E-state index contributed by atoms with van der Waals surface area (Å²) in [5.41, 5.74) is 0. The molecule has 0 heterocycles. The van der Waals surface area contributed by atoms with Crippen molar-refractivity contribution in [3.8, 4) is 0 Å². The Hall–Kier alpha value is -0.963. The van der Waals surface area contributed by atoms with Crippen molar-refractivity contribution in [3.05, 3.63) is 0 Å². The summed E-state index contributed by atoms with van der Waals surface area (Å²) in [6.45, 7) is 11.0. The summed E-state index contributed by atoms with van der Waals surface area (Å²) in [5.74, 6) is -0.134. The molecule has 232 valence electrons. The summed E-state index contributed by atoms with van der Waals surface area (Å²) in [6, 6.07) is 0.669. The lowest BCUT2D eigenvalue weighted by Gasteiger charge is -2.28. The van der Waals surface area contributed by atoms with Gasteiger partial charge >= 0.3 is 8.80 Å². The van der Waals surface area contributed by atoms with Gasteiger partial charge in [0.25, 0.3) is 0 Å². The van der Waals surface area contributed by atoms with E-state index >= 15 is 0 Å². The normalized spacial score (nSPS) is 11.6. The first-order chi connectivity index (χ1) is 19.0. The second-order valence-corrected chi connectivity index (χ2v) is 13.3. The highest BCUT2D eigenvalue weighted by Gasteiger charge is 2.39. The number of nitrogens with one attached hydrogen (secondary N) is 2. The van der Waals surface area contributed by atoms with Crippen LogP contribution in [0.3, 0.4) is 0 Å². The second kappa shape index (κ2) is 28.6. The molecule has 0 unspecified atom stereocenters. The minimum absolute atomic E-state index is 0.0402. The third-order valence-electron chi connectivity index (χ3n) is 7.01. The highest BCUT2D eigenvalue weighted by atomic mass is 28.4. The first-order valence-electron chi connectivity index (χ1n) is 16.5. The summed E-state index contributed by atoms with van der Waals surface area (Å²) >= 11 is 0. The Labute approximate surface area is 242 Å². The SMILES string of the molecule is CCCCCCCCCCCCCCCCCCNC(=O)CCC(=O)NCCC[Si](OCC)(OCC)OCC. The Bertz CT molecular complexity index is 548. The van der Waals surface area contributed by atoms with Crippen LogP contribution in [0.2, 0.25) is 6.04 Å². The standard InChI is InChI=1S/C31H64N2O5Si/c1-5-9-10-11-12-13-14-15-16-17-18-19-20-21-22-23-27-32-30(34)25-26-31(35)33-28-24-29-39(36-6-2,37-7-3)38-8-4/h5-29H2,1-4H3,(H,32,34)(H,33,35). The van der Waals surface area contributed by atoms with Crippen LogP contribution in [0.25, 0.3) is 0 Å². The van der Waals surface area contributed by atoms with E-state index in [0.717, 1.165) is 19.3 Å². The fourth-order valence-electron chi connectivity index (χ4n) is 4.84. The monoisotopic (exact) mass is 572 g/mol. The maximum absolute atomic E-state index is 12.1. The number of hydrogen-bond acceptors (Lipinski definition) is 5. The van der Waals surface area contributed by atoms with Crippen LogP contribution in [0, 0.1) is 0 Å². The van der Waals surface area contributed by atoms with Gasteiger partial charge in [0, 0.05) is 51.8 Å². The number of unbranched alkanes of at least 4 members (excludes halogenated alkanes) is 15. The Morgan fingerprint density at radius 2 is 0.821 bits per heavy atom. The number of rotatable bonds is 30. The predicted octanol–water partition coefficient (Wildman–Crippen LogP) is 7.70.